The molecule has 0 aliphatic heterocycles. The molecule has 0 saturated carbocycles. The molecular weight excluding hydrogens is 297 g/mol. The van der Waals surface area contributed by atoms with Gasteiger partial charge in [0, 0.05) is 16.6 Å². The van der Waals surface area contributed by atoms with Crippen molar-refractivity contribution >= 4 is 21.6 Å². The molecule has 0 aromatic heterocycles. The maximum absolute atomic E-state index is 13.6. The third kappa shape index (κ3) is 2.82. The highest BCUT2D eigenvalue weighted by Gasteiger charge is 2.06. The van der Waals surface area contributed by atoms with Gasteiger partial charge < -0.3 is 10.4 Å². The van der Waals surface area contributed by atoms with Crippen molar-refractivity contribution < 1.29 is 9.50 Å². The number of phenols is 1. The average Bonchev–Trinajstić information content (AvgIpc) is 2.33. The third-order valence-electron chi connectivity index (χ3n) is 2.72. The predicted molar refractivity (Wildman–Crippen MR) is 74.3 cm³/mol. The van der Waals surface area contributed by atoms with Gasteiger partial charge in [-0.15, -0.1) is 0 Å². The van der Waals surface area contributed by atoms with Crippen LogP contribution in [0.15, 0.2) is 40.9 Å². The molecule has 0 bridgehead atoms. The molecule has 0 unspecified atom stereocenters. The Morgan fingerprint density at radius 2 is 2.06 bits per heavy atom. The lowest BCUT2D eigenvalue weighted by Crippen LogP contribution is -2.02. The van der Waals surface area contributed by atoms with E-state index in [1.165, 1.54) is 6.07 Å². The van der Waals surface area contributed by atoms with E-state index >= 15 is 0 Å². The summed E-state index contributed by atoms with van der Waals surface area (Å²) in [6.07, 6.45) is 0. The summed E-state index contributed by atoms with van der Waals surface area (Å²) < 4.78 is 14.3. The van der Waals surface area contributed by atoms with Gasteiger partial charge in [0.05, 0.1) is 5.69 Å². The number of rotatable bonds is 3. The number of phenolic OH excluding ortho intramolecular Hbond substituents is 1. The van der Waals surface area contributed by atoms with Crippen LogP contribution >= 0.6 is 15.9 Å². The van der Waals surface area contributed by atoms with E-state index in [9.17, 15) is 9.50 Å². The summed E-state index contributed by atoms with van der Waals surface area (Å²) in [5, 5.41) is 12.8. The van der Waals surface area contributed by atoms with Gasteiger partial charge in [-0.1, -0.05) is 34.1 Å². The Balaban J connectivity index is 2.14. The van der Waals surface area contributed by atoms with Crippen LogP contribution in [0.5, 0.6) is 5.75 Å². The average molecular weight is 310 g/mol. The number of hydrogen-bond donors (Lipinski definition) is 2. The molecule has 2 aromatic carbocycles. The first-order chi connectivity index (χ1) is 8.58. The smallest absolute Gasteiger partial charge is 0.147 e. The Kier molecular flexibility index (Phi) is 3.87. The molecule has 0 spiro atoms. The van der Waals surface area contributed by atoms with Gasteiger partial charge in [-0.05, 0) is 30.7 Å². The van der Waals surface area contributed by atoms with Crippen LogP contribution in [0, 0.1) is 12.7 Å². The van der Waals surface area contributed by atoms with Crippen molar-refractivity contribution in [3.8, 4) is 5.75 Å². The third-order valence-corrected chi connectivity index (χ3v) is 3.21. The molecule has 18 heavy (non-hydrogen) atoms. The Bertz CT molecular complexity index is 572. The number of benzene rings is 2. The molecule has 0 radical (unpaired) electrons. The van der Waals surface area contributed by atoms with Crippen molar-refractivity contribution in [2.75, 3.05) is 5.32 Å². The second-order valence-electron chi connectivity index (χ2n) is 4.06. The van der Waals surface area contributed by atoms with Crippen molar-refractivity contribution in [1.29, 1.82) is 0 Å². The molecule has 2 N–H and O–H groups in total. The van der Waals surface area contributed by atoms with Crippen LogP contribution in [0.3, 0.4) is 0 Å². The molecule has 0 aliphatic carbocycles. The molecule has 0 amide bonds. The predicted octanol–water partition coefficient (Wildman–Crippen LogP) is 4.21. The molecule has 2 rings (SSSR count). The van der Waals surface area contributed by atoms with Crippen LogP contribution in [0.2, 0.25) is 0 Å². The summed E-state index contributed by atoms with van der Waals surface area (Å²) in [5.74, 6) is -0.0703. The van der Waals surface area contributed by atoms with Gasteiger partial charge in [-0.2, -0.15) is 0 Å². The first-order valence-electron chi connectivity index (χ1n) is 5.54. The van der Waals surface area contributed by atoms with E-state index in [0.29, 0.717) is 16.7 Å². The molecule has 0 heterocycles. The van der Waals surface area contributed by atoms with E-state index in [2.05, 4.69) is 21.2 Å². The number of anilines is 1. The van der Waals surface area contributed by atoms with E-state index in [4.69, 9.17) is 0 Å². The fraction of sp³-hybridized carbons (Fsp3) is 0.143. The SMILES string of the molecule is Cc1cccc(CNc2ccc(Br)cc2F)c1O. The van der Waals surface area contributed by atoms with Gasteiger partial charge in [-0.25, -0.2) is 4.39 Å². The Labute approximate surface area is 114 Å². The van der Waals surface area contributed by atoms with Gasteiger partial charge in [0.1, 0.15) is 11.6 Å². The summed E-state index contributed by atoms with van der Waals surface area (Å²) in [4.78, 5) is 0. The zero-order valence-electron chi connectivity index (χ0n) is 9.87. The molecule has 94 valence electrons. The van der Waals surface area contributed by atoms with Crippen LogP contribution in [-0.4, -0.2) is 5.11 Å². The van der Waals surface area contributed by atoms with E-state index < -0.39 is 0 Å². The topological polar surface area (TPSA) is 32.3 Å². The van der Waals surface area contributed by atoms with Gasteiger partial charge in [0.2, 0.25) is 0 Å². The van der Waals surface area contributed by atoms with E-state index in [1.807, 2.05) is 25.1 Å². The second kappa shape index (κ2) is 5.40. The minimum absolute atomic E-state index is 0.252. The first-order valence-corrected chi connectivity index (χ1v) is 6.33. The molecule has 0 atom stereocenters. The number of aromatic hydroxyl groups is 1. The highest BCUT2D eigenvalue weighted by molar-refractivity contribution is 9.10. The number of aryl methyl sites for hydroxylation is 1. The molecule has 2 nitrogen and oxygen atoms in total. The lowest BCUT2D eigenvalue weighted by Gasteiger charge is -2.10. The van der Waals surface area contributed by atoms with Crippen LogP contribution < -0.4 is 5.32 Å². The first kappa shape index (κ1) is 12.9. The fourth-order valence-electron chi connectivity index (χ4n) is 1.69. The molecule has 4 heteroatoms. The van der Waals surface area contributed by atoms with Gasteiger partial charge in [0.15, 0.2) is 0 Å². The van der Waals surface area contributed by atoms with Crippen molar-refractivity contribution in [2.45, 2.75) is 13.5 Å². The number of para-hydroxylation sites is 1. The summed E-state index contributed by atoms with van der Waals surface area (Å²) in [6.45, 7) is 2.21. The van der Waals surface area contributed by atoms with E-state index in [1.54, 1.807) is 12.1 Å². The minimum atomic E-state index is -0.323. The van der Waals surface area contributed by atoms with Crippen molar-refractivity contribution in [1.82, 2.24) is 0 Å². The number of hydrogen-bond acceptors (Lipinski definition) is 2. The molecule has 0 aliphatic rings. The maximum atomic E-state index is 13.6. The van der Waals surface area contributed by atoms with Crippen molar-refractivity contribution in [3.05, 3.63) is 57.8 Å². The highest BCUT2D eigenvalue weighted by Crippen LogP contribution is 2.24. The van der Waals surface area contributed by atoms with Crippen molar-refractivity contribution in [3.63, 3.8) is 0 Å². The number of nitrogens with one attached hydrogen (secondary N) is 1. The summed E-state index contributed by atoms with van der Waals surface area (Å²) in [7, 11) is 0. The van der Waals surface area contributed by atoms with Gasteiger partial charge in [-0.3, -0.25) is 0 Å². The Morgan fingerprint density at radius 1 is 1.28 bits per heavy atom. The quantitative estimate of drug-likeness (QED) is 0.890. The second-order valence-corrected chi connectivity index (χ2v) is 4.98. The van der Waals surface area contributed by atoms with Crippen LogP contribution in [0.1, 0.15) is 11.1 Å². The molecule has 0 fully saturated rings. The largest absolute Gasteiger partial charge is 0.507 e. The molecule has 0 saturated heterocycles. The van der Waals surface area contributed by atoms with Gasteiger partial charge in [0.25, 0.3) is 0 Å². The summed E-state index contributed by atoms with van der Waals surface area (Å²) >= 11 is 3.21. The normalized spacial score (nSPS) is 10.4. The van der Waals surface area contributed by atoms with Crippen LogP contribution in [0.25, 0.3) is 0 Å². The molecule has 2 aromatic rings. The van der Waals surface area contributed by atoms with Crippen LogP contribution in [0.4, 0.5) is 10.1 Å². The minimum Gasteiger partial charge on any atom is -0.507 e. The molecular formula is C14H13BrFNO. The zero-order chi connectivity index (χ0) is 13.1. The summed E-state index contributed by atoms with van der Waals surface area (Å²) in [5.41, 5.74) is 1.97. The van der Waals surface area contributed by atoms with Gasteiger partial charge >= 0.3 is 0 Å². The summed E-state index contributed by atoms with van der Waals surface area (Å²) in [6, 6.07) is 10.3. The Hall–Kier alpha value is -1.55. The van der Waals surface area contributed by atoms with Crippen molar-refractivity contribution in [2.24, 2.45) is 0 Å². The highest BCUT2D eigenvalue weighted by atomic mass is 79.9. The number of halogens is 2. The van der Waals surface area contributed by atoms with E-state index in [-0.39, 0.29) is 11.6 Å². The Morgan fingerprint density at radius 3 is 2.78 bits per heavy atom. The maximum Gasteiger partial charge on any atom is 0.147 e. The zero-order valence-corrected chi connectivity index (χ0v) is 11.5. The fourth-order valence-corrected chi connectivity index (χ4v) is 2.02. The monoisotopic (exact) mass is 309 g/mol. The van der Waals surface area contributed by atoms with Crippen LogP contribution in [-0.2, 0) is 6.54 Å². The lowest BCUT2D eigenvalue weighted by atomic mass is 10.1. The standard InChI is InChI=1S/C14H13BrFNO/c1-9-3-2-4-10(14(9)18)8-17-13-6-5-11(15)7-12(13)16/h2-7,17-18H,8H2,1H3. The lowest BCUT2D eigenvalue weighted by molar-refractivity contribution is 0.465. The van der Waals surface area contributed by atoms with E-state index in [0.717, 1.165) is 11.1 Å².